The monoisotopic (exact) mass is 248 g/mol. The highest BCUT2D eigenvalue weighted by molar-refractivity contribution is 6.17. The number of ether oxygens (including phenoxy) is 1. The van der Waals surface area contributed by atoms with Gasteiger partial charge in [-0.2, -0.15) is 0 Å². The van der Waals surface area contributed by atoms with Crippen molar-refractivity contribution in [3.8, 4) is 5.75 Å². The van der Waals surface area contributed by atoms with Gasteiger partial charge in [0.2, 0.25) is 0 Å². The van der Waals surface area contributed by atoms with Gasteiger partial charge in [0.25, 0.3) is 0 Å². The summed E-state index contributed by atoms with van der Waals surface area (Å²) in [5, 5.41) is 0. The molecule has 0 N–H and O–H groups in total. The molecule has 16 heavy (non-hydrogen) atoms. The molecule has 1 aromatic rings. The molecule has 0 amide bonds. The molecule has 4 heteroatoms. The normalized spacial score (nSPS) is 10.9. The van der Waals surface area contributed by atoms with Crippen LogP contribution in [0.3, 0.4) is 0 Å². The molecule has 90 valence electrons. The van der Waals surface area contributed by atoms with Crippen LogP contribution in [0, 0.1) is 11.6 Å². The minimum absolute atomic E-state index is 0.0824. The Morgan fingerprint density at radius 1 is 1.19 bits per heavy atom. The summed E-state index contributed by atoms with van der Waals surface area (Å²) in [6.07, 6.45) is 1.27. The predicted octanol–water partition coefficient (Wildman–Crippen LogP) is 4.27. The minimum atomic E-state index is -0.692. The van der Waals surface area contributed by atoms with E-state index in [1.54, 1.807) is 0 Å². The lowest BCUT2D eigenvalue weighted by Gasteiger charge is -2.17. The highest BCUT2D eigenvalue weighted by atomic mass is 35.5. The maximum absolute atomic E-state index is 13.5. The molecule has 0 heterocycles. The standard InChI is InChI=1S/C12H15ClF2O/c1-3-9(4-2)16-12-10(14)5-8(7-13)6-11(12)15/h5-6,9H,3-4,7H2,1-2H3. The average Bonchev–Trinajstić information content (AvgIpc) is 2.28. The molecule has 0 saturated carbocycles. The highest BCUT2D eigenvalue weighted by Crippen LogP contribution is 2.26. The third-order valence-electron chi connectivity index (χ3n) is 2.41. The summed E-state index contributed by atoms with van der Waals surface area (Å²) in [6, 6.07) is 2.40. The van der Waals surface area contributed by atoms with E-state index in [0.717, 1.165) is 0 Å². The molecule has 0 unspecified atom stereocenters. The van der Waals surface area contributed by atoms with Crippen LogP contribution < -0.4 is 4.74 Å². The molecule has 0 fully saturated rings. The van der Waals surface area contributed by atoms with E-state index in [9.17, 15) is 8.78 Å². The Morgan fingerprint density at radius 2 is 1.69 bits per heavy atom. The Morgan fingerprint density at radius 3 is 2.06 bits per heavy atom. The summed E-state index contributed by atoms with van der Waals surface area (Å²) in [6.45, 7) is 3.83. The Bertz CT molecular complexity index is 328. The van der Waals surface area contributed by atoms with E-state index in [0.29, 0.717) is 18.4 Å². The predicted molar refractivity (Wildman–Crippen MR) is 60.9 cm³/mol. The zero-order chi connectivity index (χ0) is 12.1. The van der Waals surface area contributed by atoms with Gasteiger partial charge in [-0.05, 0) is 30.5 Å². The lowest BCUT2D eigenvalue weighted by atomic mass is 10.2. The third kappa shape index (κ3) is 3.08. The first kappa shape index (κ1) is 13.2. The van der Waals surface area contributed by atoms with Gasteiger partial charge in [-0.25, -0.2) is 8.78 Å². The van der Waals surface area contributed by atoms with Gasteiger partial charge >= 0.3 is 0 Å². The molecule has 0 saturated heterocycles. The van der Waals surface area contributed by atoms with Gasteiger partial charge in [-0.15, -0.1) is 11.6 Å². The van der Waals surface area contributed by atoms with Crippen LogP contribution in [0.4, 0.5) is 8.78 Å². The van der Waals surface area contributed by atoms with Crippen LogP contribution in [0.1, 0.15) is 32.3 Å². The Balaban J connectivity index is 2.95. The molecule has 1 rings (SSSR count). The van der Waals surface area contributed by atoms with Crippen molar-refractivity contribution in [3.05, 3.63) is 29.3 Å². The van der Waals surface area contributed by atoms with E-state index in [-0.39, 0.29) is 17.7 Å². The molecule has 0 aromatic heterocycles. The second-order valence-corrected chi connectivity index (χ2v) is 3.85. The molecular weight excluding hydrogens is 234 g/mol. The lowest BCUT2D eigenvalue weighted by molar-refractivity contribution is 0.175. The molecular formula is C12H15ClF2O. The second-order valence-electron chi connectivity index (χ2n) is 3.58. The van der Waals surface area contributed by atoms with Crippen LogP contribution in [-0.4, -0.2) is 6.10 Å². The van der Waals surface area contributed by atoms with Crippen LogP contribution in [-0.2, 0) is 5.88 Å². The molecule has 0 aliphatic heterocycles. The average molecular weight is 249 g/mol. The summed E-state index contributed by atoms with van der Waals surface area (Å²) in [5.41, 5.74) is 0.411. The maximum atomic E-state index is 13.5. The van der Waals surface area contributed by atoms with E-state index < -0.39 is 11.6 Å². The quantitative estimate of drug-likeness (QED) is 0.707. The molecule has 0 radical (unpaired) electrons. The lowest BCUT2D eigenvalue weighted by Crippen LogP contribution is -2.15. The van der Waals surface area contributed by atoms with Crippen molar-refractivity contribution in [2.45, 2.75) is 38.7 Å². The third-order valence-corrected chi connectivity index (χ3v) is 2.72. The molecule has 0 aliphatic rings. The molecule has 1 nitrogen and oxygen atoms in total. The van der Waals surface area contributed by atoms with Gasteiger partial charge in [0.1, 0.15) is 0 Å². The van der Waals surface area contributed by atoms with Crippen LogP contribution in [0.5, 0.6) is 5.75 Å². The zero-order valence-corrected chi connectivity index (χ0v) is 10.2. The number of benzene rings is 1. The van der Waals surface area contributed by atoms with Gasteiger partial charge < -0.3 is 4.74 Å². The summed E-state index contributed by atoms with van der Waals surface area (Å²) >= 11 is 5.51. The first-order valence-electron chi connectivity index (χ1n) is 5.32. The molecule has 0 aliphatic carbocycles. The summed E-state index contributed by atoms with van der Waals surface area (Å²) in [4.78, 5) is 0. The summed E-state index contributed by atoms with van der Waals surface area (Å²) in [7, 11) is 0. The zero-order valence-electron chi connectivity index (χ0n) is 9.40. The van der Waals surface area contributed by atoms with Crippen molar-refractivity contribution in [2.75, 3.05) is 0 Å². The molecule has 0 bridgehead atoms. The van der Waals surface area contributed by atoms with Crippen LogP contribution in [0.2, 0.25) is 0 Å². The Hall–Kier alpha value is -0.830. The molecule has 0 spiro atoms. The van der Waals surface area contributed by atoms with Gasteiger partial charge in [-0.3, -0.25) is 0 Å². The molecule has 0 atom stereocenters. The fourth-order valence-corrected chi connectivity index (χ4v) is 1.58. The van der Waals surface area contributed by atoms with E-state index in [1.165, 1.54) is 12.1 Å². The van der Waals surface area contributed by atoms with Crippen LogP contribution in [0.25, 0.3) is 0 Å². The number of rotatable bonds is 5. The van der Waals surface area contributed by atoms with Gasteiger partial charge in [0.15, 0.2) is 17.4 Å². The number of alkyl halides is 1. The first-order valence-corrected chi connectivity index (χ1v) is 5.86. The van der Waals surface area contributed by atoms with Crippen molar-refractivity contribution in [1.29, 1.82) is 0 Å². The fraction of sp³-hybridized carbons (Fsp3) is 0.500. The van der Waals surface area contributed by atoms with E-state index in [2.05, 4.69) is 0 Å². The number of halogens is 3. The molecule has 1 aromatic carbocycles. The smallest absolute Gasteiger partial charge is 0.191 e. The van der Waals surface area contributed by atoms with Crippen LogP contribution in [0.15, 0.2) is 12.1 Å². The number of hydrogen-bond acceptors (Lipinski definition) is 1. The van der Waals surface area contributed by atoms with E-state index >= 15 is 0 Å². The largest absolute Gasteiger partial charge is 0.484 e. The van der Waals surface area contributed by atoms with Crippen molar-refractivity contribution < 1.29 is 13.5 Å². The maximum Gasteiger partial charge on any atom is 0.191 e. The number of hydrogen-bond donors (Lipinski definition) is 0. The topological polar surface area (TPSA) is 9.23 Å². The highest BCUT2D eigenvalue weighted by Gasteiger charge is 2.15. The second kappa shape index (κ2) is 6.04. The fourth-order valence-electron chi connectivity index (χ4n) is 1.42. The van der Waals surface area contributed by atoms with Crippen molar-refractivity contribution in [3.63, 3.8) is 0 Å². The van der Waals surface area contributed by atoms with Crippen LogP contribution >= 0.6 is 11.6 Å². The van der Waals surface area contributed by atoms with Crippen molar-refractivity contribution in [1.82, 2.24) is 0 Å². The van der Waals surface area contributed by atoms with E-state index in [1.807, 2.05) is 13.8 Å². The summed E-state index contributed by atoms with van der Waals surface area (Å²) in [5.74, 6) is -1.60. The van der Waals surface area contributed by atoms with Crippen molar-refractivity contribution >= 4 is 11.6 Å². The van der Waals surface area contributed by atoms with E-state index in [4.69, 9.17) is 16.3 Å². The van der Waals surface area contributed by atoms with Crippen molar-refractivity contribution in [2.24, 2.45) is 0 Å². The Labute approximate surface area is 99.4 Å². The minimum Gasteiger partial charge on any atom is -0.484 e. The summed E-state index contributed by atoms with van der Waals surface area (Å²) < 4.78 is 32.3. The SMILES string of the molecule is CCC(CC)Oc1c(F)cc(CCl)cc1F. The van der Waals surface area contributed by atoms with Gasteiger partial charge in [-0.1, -0.05) is 13.8 Å². The van der Waals surface area contributed by atoms with Gasteiger partial charge in [0.05, 0.1) is 6.10 Å². The van der Waals surface area contributed by atoms with Gasteiger partial charge in [0, 0.05) is 5.88 Å². The first-order chi connectivity index (χ1) is 7.62. The Kier molecular flexibility index (Phi) is 5.00.